The molecule has 2 aromatic carbocycles. The predicted octanol–water partition coefficient (Wildman–Crippen LogP) is 3.45. The van der Waals surface area contributed by atoms with Crippen molar-refractivity contribution in [3.63, 3.8) is 0 Å². The maximum absolute atomic E-state index is 12.9. The van der Waals surface area contributed by atoms with Crippen molar-refractivity contribution in [1.29, 1.82) is 0 Å². The minimum Gasteiger partial charge on any atom is -0.388 e. The summed E-state index contributed by atoms with van der Waals surface area (Å²) < 4.78 is 14.8. The third-order valence-corrected chi connectivity index (χ3v) is 4.59. The van der Waals surface area contributed by atoms with Crippen LogP contribution in [0, 0.1) is 5.82 Å². The molecule has 1 N–H and O–H groups in total. The van der Waals surface area contributed by atoms with E-state index in [0.717, 1.165) is 16.5 Å². The van der Waals surface area contributed by atoms with Crippen molar-refractivity contribution in [2.45, 2.75) is 11.3 Å². The van der Waals surface area contributed by atoms with Gasteiger partial charge in [0.05, 0.1) is 6.10 Å². The second kappa shape index (κ2) is 6.93. The Morgan fingerprint density at radius 2 is 1.78 bits per heavy atom. The lowest BCUT2D eigenvalue weighted by Gasteiger charge is -2.10. The third-order valence-electron chi connectivity index (χ3n) is 3.49. The van der Waals surface area contributed by atoms with Gasteiger partial charge in [-0.25, -0.2) is 4.39 Å². The highest BCUT2D eigenvalue weighted by Crippen LogP contribution is 2.26. The topological polar surface area (TPSA) is 50.9 Å². The van der Waals surface area contributed by atoms with Gasteiger partial charge in [0.2, 0.25) is 0 Å². The van der Waals surface area contributed by atoms with Crippen molar-refractivity contribution in [2.24, 2.45) is 7.05 Å². The molecule has 0 amide bonds. The van der Waals surface area contributed by atoms with Gasteiger partial charge in [0.25, 0.3) is 0 Å². The maximum atomic E-state index is 12.9. The van der Waals surface area contributed by atoms with E-state index in [9.17, 15) is 9.50 Å². The normalized spacial score (nSPS) is 12.3. The fourth-order valence-electron chi connectivity index (χ4n) is 2.21. The Morgan fingerprint density at radius 3 is 2.48 bits per heavy atom. The Labute approximate surface area is 138 Å². The summed E-state index contributed by atoms with van der Waals surface area (Å²) in [6.07, 6.45) is -0.683. The number of thioether (sulfide) groups is 1. The first kappa shape index (κ1) is 15.7. The zero-order valence-electron chi connectivity index (χ0n) is 12.6. The summed E-state index contributed by atoms with van der Waals surface area (Å²) in [5.41, 5.74) is 1.68. The molecular weight excluding hydrogens is 313 g/mol. The maximum Gasteiger partial charge on any atom is 0.191 e. The van der Waals surface area contributed by atoms with E-state index in [2.05, 4.69) is 10.2 Å². The molecule has 0 radical (unpaired) electrons. The van der Waals surface area contributed by atoms with Gasteiger partial charge in [0.15, 0.2) is 11.0 Å². The van der Waals surface area contributed by atoms with Crippen LogP contribution in [0.4, 0.5) is 4.39 Å². The number of aliphatic hydroxyl groups excluding tert-OH is 1. The summed E-state index contributed by atoms with van der Waals surface area (Å²) in [6.45, 7) is 0. The number of aliphatic hydroxyl groups is 1. The highest BCUT2D eigenvalue weighted by Gasteiger charge is 2.14. The number of rotatable bonds is 5. The lowest BCUT2D eigenvalue weighted by atomic mass is 10.1. The highest BCUT2D eigenvalue weighted by molar-refractivity contribution is 7.99. The van der Waals surface area contributed by atoms with Gasteiger partial charge in [-0.05, 0) is 17.7 Å². The first-order valence-electron chi connectivity index (χ1n) is 7.16. The molecule has 3 rings (SSSR count). The van der Waals surface area contributed by atoms with Crippen molar-refractivity contribution in [3.05, 3.63) is 66.0 Å². The molecule has 1 aromatic heterocycles. The summed E-state index contributed by atoms with van der Waals surface area (Å²) in [6, 6.07) is 15.7. The van der Waals surface area contributed by atoms with Gasteiger partial charge >= 0.3 is 0 Å². The second-order valence-electron chi connectivity index (χ2n) is 5.11. The van der Waals surface area contributed by atoms with Crippen LogP contribution in [0.2, 0.25) is 0 Å². The smallest absolute Gasteiger partial charge is 0.191 e. The van der Waals surface area contributed by atoms with Gasteiger partial charge in [-0.15, -0.1) is 10.2 Å². The Morgan fingerprint density at radius 1 is 1.09 bits per heavy atom. The van der Waals surface area contributed by atoms with Crippen molar-refractivity contribution >= 4 is 11.8 Å². The molecule has 0 bridgehead atoms. The molecule has 1 unspecified atom stereocenters. The first-order valence-corrected chi connectivity index (χ1v) is 8.15. The van der Waals surface area contributed by atoms with Crippen LogP contribution in [-0.4, -0.2) is 25.6 Å². The molecule has 1 heterocycles. The minimum atomic E-state index is -0.683. The van der Waals surface area contributed by atoms with Crippen LogP contribution in [0.15, 0.2) is 59.8 Å². The SMILES string of the molecule is Cn1c(SCC(O)c2ccc(F)cc2)nnc1-c1ccccc1. The largest absolute Gasteiger partial charge is 0.388 e. The third kappa shape index (κ3) is 3.60. The molecule has 6 heteroatoms. The minimum absolute atomic E-state index is 0.311. The Kier molecular flexibility index (Phi) is 4.73. The van der Waals surface area contributed by atoms with E-state index < -0.39 is 6.10 Å². The van der Waals surface area contributed by atoms with Gasteiger partial charge in [0, 0.05) is 18.4 Å². The van der Waals surface area contributed by atoms with Crippen LogP contribution in [0.25, 0.3) is 11.4 Å². The summed E-state index contributed by atoms with van der Waals surface area (Å²) in [5.74, 6) is 0.894. The Bertz CT molecular complexity index is 774. The van der Waals surface area contributed by atoms with Gasteiger partial charge < -0.3 is 9.67 Å². The second-order valence-corrected chi connectivity index (χ2v) is 6.10. The molecule has 0 aliphatic heterocycles. The standard InChI is InChI=1S/C17H16FN3OS/c1-21-16(13-5-3-2-4-6-13)19-20-17(21)23-11-15(22)12-7-9-14(18)10-8-12/h2-10,15,22H,11H2,1H3. The molecule has 4 nitrogen and oxygen atoms in total. The lowest BCUT2D eigenvalue weighted by molar-refractivity contribution is 0.204. The lowest BCUT2D eigenvalue weighted by Crippen LogP contribution is -2.02. The zero-order chi connectivity index (χ0) is 16.2. The summed E-state index contributed by atoms with van der Waals surface area (Å²) in [5, 5.41) is 19.3. The van der Waals surface area contributed by atoms with E-state index in [0.29, 0.717) is 11.3 Å². The zero-order valence-corrected chi connectivity index (χ0v) is 13.4. The van der Waals surface area contributed by atoms with Crippen molar-refractivity contribution in [1.82, 2.24) is 14.8 Å². The van der Waals surface area contributed by atoms with E-state index in [1.165, 1.54) is 23.9 Å². The Hall–Kier alpha value is -2.18. The quantitative estimate of drug-likeness (QED) is 0.729. The fraction of sp³-hybridized carbons (Fsp3) is 0.176. The molecule has 0 aliphatic carbocycles. The van der Waals surface area contributed by atoms with Crippen LogP contribution < -0.4 is 0 Å². The van der Waals surface area contributed by atoms with E-state index in [1.807, 2.05) is 41.9 Å². The summed E-state index contributed by atoms with van der Waals surface area (Å²) in [4.78, 5) is 0. The van der Waals surface area contributed by atoms with Crippen LogP contribution >= 0.6 is 11.8 Å². The van der Waals surface area contributed by atoms with Crippen molar-refractivity contribution in [3.8, 4) is 11.4 Å². The molecule has 0 fully saturated rings. The molecule has 0 saturated heterocycles. The molecule has 1 atom stereocenters. The molecule has 118 valence electrons. The van der Waals surface area contributed by atoms with E-state index in [-0.39, 0.29) is 5.82 Å². The number of hydrogen-bond donors (Lipinski definition) is 1. The van der Waals surface area contributed by atoms with Gasteiger partial charge in [-0.2, -0.15) is 0 Å². The monoisotopic (exact) mass is 329 g/mol. The number of aromatic nitrogens is 3. The average molecular weight is 329 g/mol. The van der Waals surface area contributed by atoms with Crippen LogP contribution in [0.3, 0.4) is 0 Å². The van der Waals surface area contributed by atoms with Crippen LogP contribution in [-0.2, 0) is 7.05 Å². The number of benzene rings is 2. The number of nitrogens with zero attached hydrogens (tertiary/aromatic N) is 3. The highest BCUT2D eigenvalue weighted by atomic mass is 32.2. The van der Waals surface area contributed by atoms with Gasteiger partial charge in [-0.3, -0.25) is 0 Å². The molecule has 23 heavy (non-hydrogen) atoms. The van der Waals surface area contributed by atoms with Gasteiger partial charge in [-0.1, -0.05) is 54.2 Å². The Balaban J connectivity index is 1.69. The number of halogens is 1. The van der Waals surface area contributed by atoms with E-state index in [4.69, 9.17) is 0 Å². The van der Waals surface area contributed by atoms with Crippen molar-refractivity contribution in [2.75, 3.05) is 5.75 Å². The summed E-state index contributed by atoms with van der Waals surface area (Å²) in [7, 11) is 1.90. The first-order chi connectivity index (χ1) is 11.1. The number of hydrogen-bond acceptors (Lipinski definition) is 4. The molecule has 0 aliphatic rings. The van der Waals surface area contributed by atoms with Gasteiger partial charge in [0.1, 0.15) is 5.82 Å². The molecule has 0 saturated carbocycles. The molecular formula is C17H16FN3OS. The molecule has 3 aromatic rings. The average Bonchev–Trinajstić information content (AvgIpc) is 2.95. The predicted molar refractivity (Wildman–Crippen MR) is 88.5 cm³/mol. The fourth-order valence-corrected chi connectivity index (χ4v) is 3.09. The van der Waals surface area contributed by atoms with E-state index >= 15 is 0 Å². The van der Waals surface area contributed by atoms with E-state index in [1.54, 1.807) is 12.1 Å². The van der Waals surface area contributed by atoms with Crippen LogP contribution in [0.5, 0.6) is 0 Å². The molecule has 0 spiro atoms. The van der Waals surface area contributed by atoms with Crippen molar-refractivity contribution < 1.29 is 9.50 Å². The van der Waals surface area contributed by atoms with Crippen LogP contribution in [0.1, 0.15) is 11.7 Å². The summed E-state index contributed by atoms with van der Waals surface area (Å²) >= 11 is 1.42.